The largest absolute Gasteiger partial charge is 0.357 e. The predicted octanol–water partition coefficient (Wildman–Crippen LogP) is 0.361. The lowest BCUT2D eigenvalue weighted by atomic mass is 9.85. The fourth-order valence-corrected chi connectivity index (χ4v) is 5.20. The van der Waals surface area contributed by atoms with Crippen molar-refractivity contribution in [1.82, 2.24) is 20.4 Å². The van der Waals surface area contributed by atoms with Crippen molar-refractivity contribution in [2.75, 3.05) is 39.3 Å². The molecule has 0 aromatic rings. The molecular formula is C21H31N5O3. The van der Waals surface area contributed by atoms with Crippen LogP contribution in [0.15, 0.2) is 17.1 Å². The SMILES string of the molecule is CCNC(=NCCC(=O)N1CCCC1)NCCN1C(=O)C2C3C=CC(C3)C2C1=O. The molecule has 2 N–H and O–H groups in total. The van der Waals surface area contributed by atoms with Crippen molar-refractivity contribution in [3.05, 3.63) is 12.2 Å². The van der Waals surface area contributed by atoms with Gasteiger partial charge in [0.1, 0.15) is 0 Å². The number of amides is 3. The number of carbonyl (C=O) groups is 3. The maximum atomic E-state index is 12.7. The molecule has 0 aromatic carbocycles. The number of likely N-dealkylation sites (tertiary alicyclic amines) is 2. The third-order valence-corrected chi connectivity index (χ3v) is 6.59. The Labute approximate surface area is 171 Å². The lowest BCUT2D eigenvalue weighted by Crippen LogP contribution is -2.43. The summed E-state index contributed by atoms with van der Waals surface area (Å²) in [6.07, 6.45) is 7.75. The molecule has 2 heterocycles. The van der Waals surface area contributed by atoms with Gasteiger partial charge in [0.15, 0.2) is 5.96 Å². The summed E-state index contributed by atoms with van der Waals surface area (Å²) in [6, 6.07) is 0. The fourth-order valence-electron chi connectivity index (χ4n) is 5.20. The molecule has 4 rings (SSSR count). The van der Waals surface area contributed by atoms with Crippen molar-refractivity contribution in [2.45, 2.75) is 32.6 Å². The maximum absolute atomic E-state index is 12.7. The minimum atomic E-state index is -0.143. The van der Waals surface area contributed by atoms with Gasteiger partial charge in [0.2, 0.25) is 17.7 Å². The normalized spacial score (nSPS) is 30.4. The van der Waals surface area contributed by atoms with Gasteiger partial charge in [0.25, 0.3) is 0 Å². The Morgan fingerprint density at radius 3 is 2.38 bits per heavy atom. The van der Waals surface area contributed by atoms with E-state index in [2.05, 4.69) is 27.8 Å². The predicted molar refractivity (Wildman–Crippen MR) is 109 cm³/mol. The summed E-state index contributed by atoms with van der Waals surface area (Å²) in [4.78, 5) is 45.4. The molecule has 4 unspecified atom stereocenters. The average molecular weight is 402 g/mol. The Morgan fingerprint density at radius 2 is 1.76 bits per heavy atom. The van der Waals surface area contributed by atoms with E-state index in [9.17, 15) is 14.4 Å². The van der Waals surface area contributed by atoms with Crippen molar-refractivity contribution in [3.8, 4) is 0 Å². The van der Waals surface area contributed by atoms with E-state index in [1.807, 2.05) is 11.8 Å². The van der Waals surface area contributed by atoms with Crippen molar-refractivity contribution in [3.63, 3.8) is 0 Å². The van der Waals surface area contributed by atoms with E-state index in [1.54, 1.807) is 0 Å². The number of imide groups is 1. The summed E-state index contributed by atoms with van der Waals surface area (Å²) in [5, 5.41) is 6.34. The number of nitrogens with one attached hydrogen (secondary N) is 2. The second-order valence-corrected chi connectivity index (χ2v) is 8.35. The molecule has 8 nitrogen and oxygen atoms in total. The van der Waals surface area contributed by atoms with Crippen LogP contribution in [0.4, 0.5) is 0 Å². The molecule has 4 aliphatic rings. The van der Waals surface area contributed by atoms with Crippen LogP contribution in [0.5, 0.6) is 0 Å². The Hall–Kier alpha value is -2.38. The molecule has 158 valence electrons. The van der Waals surface area contributed by atoms with Crippen molar-refractivity contribution < 1.29 is 14.4 Å². The van der Waals surface area contributed by atoms with Crippen LogP contribution in [-0.4, -0.2) is 72.7 Å². The van der Waals surface area contributed by atoms with E-state index in [-0.39, 0.29) is 41.4 Å². The first kappa shape index (κ1) is 19.9. The molecule has 0 aromatic heterocycles. The van der Waals surface area contributed by atoms with Crippen LogP contribution < -0.4 is 10.6 Å². The number of aliphatic imine (C=N–C) groups is 1. The van der Waals surface area contributed by atoms with Crippen LogP contribution >= 0.6 is 0 Å². The van der Waals surface area contributed by atoms with Gasteiger partial charge in [-0.25, -0.2) is 0 Å². The van der Waals surface area contributed by atoms with Crippen molar-refractivity contribution in [2.24, 2.45) is 28.7 Å². The third kappa shape index (κ3) is 3.89. The highest BCUT2D eigenvalue weighted by atomic mass is 16.2. The minimum absolute atomic E-state index is 0.0169. The van der Waals surface area contributed by atoms with Gasteiger partial charge in [-0.15, -0.1) is 0 Å². The van der Waals surface area contributed by atoms with Gasteiger partial charge in [-0.2, -0.15) is 0 Å². The molecule has 3 fully saturated rings. The molecule has 2 bridgehead atoms. The summed E-state index contributed by atoms with van der Waals surface area (Å²) in [5.41, 5.74) is 0. The zero-order valence-corrected chi connectivity index (χ0v) is 17.1. The number of fused-ring (bicyclic) bond motifs is 5. The standard InChI is InChI=1S/C21H31N5O3/c1-2-22-21(23-8-7-16(27)25-10-3-4-11-25)24-9-12-26-19(28)17-14-5-6-15(13-14)18(17)20(26)29/h5-6,14-15,17-18H,2-4,7-13H2,1H3,(H2,22,23,24). The zero-order valence-electron chi connectivity index (χ0n) is 17.1. The van der Waals surface area contributed by atoms with E-state index in [0.717, 1.165) is 32.4 Å². The first-order chi connectivity index (χ1) is 14.1. The number of allylic oxidation sites excluding steroid dienone is 2. The molecular weight excluding hydrogens is 370 g/mol. The number of hydrogen-bond donors (Lipinski definition) is 2. The molecule has 29 heavy (non-hydrogen) atoms. The van der Waals surface area contributed by atoms with Crippen molar-refractivity contribution >= 4 is 23.7 Å². The fraction of sp³-hybridized carbons (Fsp3) is 0.714. The van der Waals surface area contributed by atoms with Crippen LogP contribution in [0.25, 0.3) is 0 Å². The van der Waals surface area contributed by atoms with Gasteiger partial charge in [0, 0.05) is 39.1 Å². The molecule has 4 atom stereocenters. The molecule has 8 heteroatoms. The van der Waals surface area contributed by atoms with Gasteiger partial charge in [-0.3, -0.25) is 24.3 Å². The van der Waals surface area contributed by atoms with Crippen LogP contribution in [0.3, 0.4) is 0 Å². The highest BCUT2D eigenvalue weighted by Crippen LogP contribution is 2.52. The van der Waals surface area contributed by atoms with E-state index >= 15 is 0 Å². The highest BCUT2D eigenvalue weighted by Gasteiger charge is 2.58. The second-order valence-electron chi connectivity index (χ2n) is 8.35. The topological polar surface area (TPSA) is 94.1 Å². The van der Waals surface area contributed by atoms with Crippen LogP contribution in [0.2, 0.25) is 0 Å². The van der Waals surface area contributed by atoms with Gasteiger partial charge in [-0.05, 0) is 38.0 Å². The number of rotatable bonds is 7. The van der Waals surface area contributed by atoms with Crippen LogP contribution in [0, 0.1) is 23.7 Å². The average Bonchev–Trinajstić information content (AvgIpc) is 3.49. The first-order valence-electron chi connectivity index (χ1n) is 10.9. The highest BCUT2D eigenvalue weighted by molar-refractivity contribution is 6.06. The number of carbonyl (C=O) groups excluding carboxylic acids is 3. The maximum Gasteiger partial charge on any atom is 0.233 e. The lowest BCUT2D eigenvalue weighted by Gasteiger charge is -2.19. The molecule has 0 spiro atoms. The zero-order chi connectivity index (χ0) is 20.4. The van der Waals surface area contributed by atoms with E-state index in [1.165, 1.54) is 4.90 Å². The molecule has 2 saturated heterocycles. The smallest absolute Gasteiger partial charge is 0.233 e. The summed E-state index contributed by atoms with van der Waals surface area (Å²) in [5.74, 6) is 0.936. The van der Waals surface area contributed by atoms with Crippen LogP contribution in [0.1, 0.15) is 32.6 Å². The summed E-state index contributed by atoms with van der Waals surface area (Å²) >= 11 is 0. The molecule has 0 radical (unpaired) electrons. The van der Waals surface area contributed by atoms with E-state index in [4.69, 9.17) is 0 Å². The second kappa shape index (κ2) is 8.55. The summed E-state index contributed by atoms with van der Waals surface area (Å²) in [6.45, 7) is 5.62. The molecule has 3 amide bonds. The van der Waals surface area contributed by atoms with Crippen LogP contribution in [-0.2, 0) is 14.4 Å². The summed E-state index contributed by atoms with van der Waals surface area (Å²) < 4.78 is 0. The van der Waals surface area contributed by atoms with Gasteiger partial charge >= 0.3 is 0 Å². The number of guanidine groups is 1. The Bertz CT molecular complexity index is 698. The van der Waals surface area contributed by atoms with Gasteiger partial charge < -0.3 is 15.5 Å². The number of nitrogens with zero attached hydrogens (tertiary/aromatic N) is 3. The van der Waals surface area contributed by atoms with E-state index < -0.39 is 0 Å². The third-order valence-electron chi connectivity index (χ3n) is 6.59. The van der Waals surface area contributed by atoms with E-state index in [0.29, 0.717) is 38.6 Å². The van der Waals surface area contributed by atoms with Crippen molar-refractivity contribution in [1.29, 1.82) is 0 Å². The number of hydrogen-bond acceptors (Lipinski definition) is 4. The monoisotopic (exact) mass is 401 g/mol. The molecule has 2 aliphatic heterocycles. The Morgan fingerprint density at radius 1 is 1.10 bits per heavy atom. The van der Waals surface area contributed by atoms with Gasteiger partial charge in [-0.1, -0.05) is 12.2 Å². The lowest BCUT2D eigenvalue weighted by molar-refractivity contribution is -0.140. The quantitative estimate of drug-likeness (QED) is 0.278. The molecule has 1 saturated carbocycles. The Balaban J connectivity index is 1.25. The van der Waals surface area contributed by atoms with Gasteiger partial charge in [0.05, 0.1) is 18.4 Å². The Kier molecular flexibility index (Phi) is 5.87. The summed E-state index contributed by atoms with van der Waals surface area (Å²) in [7, 11) is 0. The molecule has 2 aliphatic carbocycles. The first-order valence-corrected chi connectivity index (χ1v) is 10.9. The minimum Gasteiger partial charge on any atom is -0.357 e.